The van der Waals surface area contributed by atoms with E-state index in [4.69, 9.17) is 16.9 Å². The number of nitrogens with zero attached hydrogens (tertiary/aromatic N) is 2. The van der Waals surface area contributed by atoms with Crippen LogP contribution in [0, 0.1) is 23.0 Å². The van der Waals surface area contributed by atoms with Crippen molar-refractivity contribution >= 4 is 17.3 Å². The Morgan fingerprint density at radius 2 is 1.81 bits per heavy atom. The van der Waals surface area contributed by atoms with Gasteiger partial charge in [-0.2, -0.15) is 5.26 Å². The number of hydrogen-bond donors (Lipinski definition) is 0. The van der Waals surface area contributed by atoms with Crippen molar-refractivity contribution in [3.63, 3.8) is 0 Å². The van der Waals surface area contributed by atoms with Crippen molar-refractivity contribution in [3.8, 4) is 6.07 Å². The minimum atomic E-state index is -1.13. The van der Waals surface area contributed by atoms with E-state index in [1.807, 2.05) is 19.1 Å². The molecule has 21 heavy (non-hydrogen) atoms. The van der Waals surface area contributed by atoms with Gasteiger partial charge in [-0.25, -0.2) is 8.78 Å². The van der Waals surface area contributed by atoms with Gasteiger partial charge >= 0.3 is 0 Å². The third kappa shape index (κ3) is 2.84. The van der Waals surface area contributed by atoms with Crippen molar-refractivity contribution in [1.29, 1.82) is 5.26 Å². The van der Waals surface area contributed by atoms with E-state index in [1.54, 1.807) is 30.1 Å². The minimum absolute atomic E-state index is 0.0823. The van der Waals surface area contributed by atoms with Gasteiger partial charge < -0.3 is 4.90 Å². The summed E-state index contributed by atoms with van der Waals surface area (Å²) in [6, 6.07) is 11.3. The zero-order valence-corrected chi connectivity index (χ0v) is 12.3. The van der Waals surface area contributed by atoms with Gasteiger partial charge in [-0.15, -0.1) is 0 Å². The maximum atomic E-state index is 14.1. The molecule has 0 saturated heterocycles. The molecular formula is C16H13ClF2N2. The van der Waals surface area contributed by atoms with Gasteiger partial charge in [0.05, 0.1) is 17.3 Å². The summed E-state index contributed by atoms with van der Waals surface area (Å²) in [4.78, 5) is 1.58. The molecule has 1 atom stereocenters. The Morgan fingerprint density at radius 3 is 2.43 bits per heavy atom. The molecule has 0 aliphatic heterocycles. The molecule has 1 unspecified atom stereocenters. The lowest BCUT2D eigenvalue weighted by atomic mass is 10.1. The highest BCUT2D eigenvalue weighted by Gasteiger charge is 2.21. The van der Waals surface area contributed by atoms with Gasteiger partial charge in [0.15, 0.2) is 11.6 Å². The lowest BCUT2D eigenvalue weighted by Gasteiger charge is -2.28. The van der Waals surface area contributed by atoms with Crippen molar-refractivity contribution < 1.29 is 8.78 Å². The lowest BCUT2D eigenvalue weighted by Crippen LogP contribution is -2.23. The third-order valence-corrected chi connectivity index (χ3v) is 3.84. The standard InChI is InChI=1S/C16H13ClF2N2/c1-10(12-5-3-4-6-13(12)17)21(2)14-8-7-11(9-20)15(18)16(14)19/h3-8,10H,1-2H3. The molecule has 0 aromatic heterocycles. The monoisotopic (exact) mass is 306 g/mol. The zero-order chi connectivity index (χ0) is 15.6. The molecular weight excluding hydrogens is 294 g/mol. The zero-order valence-electron chi connectivity index (χ0n) is 11.6. The first-order chi connectivity index (χ1) is 9.97. The van der Waals surface area contributed by atoms with Crippen LogP contribution in [0.15, 0.2) is 36.4 Å². The van der Waals surface area contributed by atoms with Crippen molar-refractivity contribution in [2.75, 3.05) is 11.9 Å². The molecule has 0 radical (unpaired) electrons. The molecule has 2 rings (SSSR count). The van der Waals surface area contributed by atoms with E-state index in [2.05, 4.69) is 0 Å². The summed E-state index contributed by atoms with van der Waals surface area (Å²) in [5, 5.41) is 9.27. The van der Waals surface area contributed by atoms with Gasteiger partial charge in [-0.1, -0.05) is 29.8 Å². The first-order valence-electron chi connectivity index (χ1n) is 6.32. The Hall–Kier alpha value is -2.12. The Kier molecular flexibility index (Phi) is 4.44. The van der Waals surface area contributed by atoms with Crippen LogP contribution in [0.4, 0.5) is 14.5 Å². The van der Waals surface area contributed by atoms with E-state index in [9.17, 15) is 8.78 Å². The van der Waals surface area contributed by atoms with E-state index >= 15 is 0 Å². The summed E-state index contributed by atoms with van der Waals surface area (Å²) in [6.07, 6.45) is 0. The van der Waals surface area contributed by atoms with E-state index in [-0.39, 0.29) is 17.3 Å². The van der Waals surface area contributed by atoms with Gasteiger partial charge in [0, 0.05) is 12.1 Å². The largest absolute Gasteiger partial charge is 0.365 e. The summed E-state index contributed by atoms with van der Waals surface area (Å²) in [5.41, 5.74) is 0.583. The van der Waals surface area contributed by atoms with Crippen LogP contribution < -0.4 is 4.90 Å². The quantitative estimate of drug-likeness (QED) is 0.822. The number of rotatable bonds is 3. The number of benzene rings is 2. The molecule has 0 saturated carbocycles. The topological polar surface area (TPSA) is 27.0 Å². The Balaban J connectivity index is 2.41. The van der Waals surface area contributed by atoms with Crippen LogP contribution in [0.3, 0.4) is 0 Å². The highest BCUT2D eigenvalue weighted by atomic mass is 35.5. The van der Waals surface area contributed by atoms with E-state index in [0.717, 1.165) is 5.56 Å². The Morgan fingerprint density at radius 1 is 1.14 bits per heavy atom. The molecule has 108 valence electrons. The average molecular weight is 307 g/mol. The second kappa shape index (κ2) is 6.11. The number of nitriles is 1. The smallest absolute Gasteiger partial charge is 0.183 e. The molecule has 2 nitrogen and oxygen atoms in total. The summed E-state index contributed by atoms with van der Waals surface area (Å²) >= 11 is 6.13. The van der Waals surface area contributed by atoms with Crippen LogP contribution >= 0.6 is 11.6 Å². The van der Waals surface area contributed by atoms with E-state index < -0.39 is 11.6 Å². The first-order valence-corrected chi connectivity index (χ1v) is 6.70. The fraction of sp³-hybridized carbons (Fsp3) is 0.188. The normalized spacial score (nSPS) is 11.8. The molecule has 2 aromatic carbocycles. The highest BCUT2D eigenvalue weighted by molar-refractivity contribution is 6.31. The van der Waals surface area contributed by atoms with Crippen LogP contribution in [-0.4, -0.2) is 7.05 Å². The molecule has 0 amide bonds. The summed E-state index contributed by atoms with van der Waals surface area (Å²) < 4.78 is 27.8. The number of anilines is 1. The SMILES string of the molecule is CC(c1ccccc1Cl)N(C)c1ccc(C#N)c(F)c1F. The highest BCUT2D eigenvalue weighted by Crippen LogP contribution is 2.32. The minimum Gasteiger partial charge on any atom is -0.365 e. The van der Waals surface area contributed by atoms with Crippen LogP contribution in [0.1, 0.15) is 24.1 Å². The summed E-state index contributed by atoms with van der Waals surface area (Å²) in [5.74, 6) is -2.16. The second-order valence-corrected chi connectivity index (χ2v) is 5.09. The molecule has 0 heterocycles. The van der Waals surface area contributed by atoms with Gasteiger partial charge in [0.25, 0.3) is 0 Å². The molecule has 0 spiro atoms. The van der Waals surface area contributed by atoms with Crippen molar-refractivity contribution in [2.24, 2.45) is 0 Å². The molecule has 0 N–H and O–H groups in total. The van der Waals surface area contributed by atoms with Crippen LogP contribution in [0.25, 0.3) is 0 Å². The van der Waals surface area contributed by atoms with Gasteiger partial charge in [0.1, 0.15) is 6.07 Å². The van der Waals surface area contributed by atoms with Gasteiger partial charge in [-0.05, 0) is 30.7 Å². The van der Waals surface area contributed by atoms with E-state index in [0.29, 0.717) is 5.02 Å². The summed E-state index contributed by atoms with van der Waals surface area (Å²) in [7, 11) is 1.65. The van der Waals surface area contributed by atoms with Gasteiger partial charge in [-0.3, -0.25) is 0 Å². The Bertz CT molecular complexity index is 710. The second-order valence-electron chi connectivity index (χ2n) is 4.68. The number of halogens is 3. The third-order valence-electron chi connectivity index (χ3n) is 3.50. The molecule has 0 fully saturated rings. The maximum absolute atomic E-state index is 14.1. The van der Waals surface area contributed by atoms with E-state index in [1.165, 1.54) is 12.1 Å². The number of hydrogen-bond acceptors (Lipinski definition) is 2. The van der Waals surface area contributed by atoms with Crippen molar-refractivity contribution in [2.45, 2.75) is 13.0 Å². The van der Waals surface area contributed by atoms with Gasteiger partial charge in [0.2, 0.25) is 0 Å². The fourth-order valence-electron chi connectivity index (χ4n) is 2.13. The Labute approximate surface area is 127 Å². The summed E-state index contributed by atoms with van der Waals surface area (Å²) in [6.45, 7) is 1.84. The molecule has 0 bridgehead atoms. The molecule has 0 aliphatic carbocycles. The predicted octanol–water partition coefficient (Wildman–Crippen LogP) is 4.69. The van der Waals surface area contributed by atoms with Crippen LogP contribution in [0.2, 0.25) is 5.02 Å². The van der Waals surface area contributed by atoms with Crippen LogP contribution in [0.5, 0.6) is 0 Å². The van der Waals surface area contributed by atoms with Crippen molar-refractivity contribution in [1.82, 2.24) is 0 Å². The molecule has 0 aliphatic rings. The fourth-order valence-corrected chi connectivity index (χ4v) is 2.42. The average Bonchev–Trinajstić information content (AvgIpc) is 2.49. The molecule has 2 aromatic rings. The first kappa shape index (κ1) is 15.3. The van der Waals surface area contributed by atoms with Crippen LogP contribution in [-0.2, 0) is 0 Å². The molecule has 5 heteroatoms. The van der Waals surface area contributed by atoms with Crippen molar-refractivity contribution in [3.05, 3.63) is 64.2 Å². The lowest BCUT2D eigenvalue weighted by molar-refractivity contribution is 0.502. The maximum Gasteiger partial charge on any atom is 0.183 e. The predicted molar refractivity (Wildman–Crippen MR) is 79.3 cm³/mol.